The third-order valence-corrected chi connectivity index (χ3v) is 7.75. The number of carbonyl (C=O) groups excluding carboxylic acids is 1. The Hall–Kier alpha value is -2.87. The number of benzene rings is 1. The molecule has 1 aromatic carbocycles. The first-order chi connectivity index (χ1) is 15.8. The third kappa shape index (κ3) is 4.49. The second kappa shape index (κ2) is 9.17. The molecule has 0 saturated heterocycles. The summed E-state index contributed by atoms with van der Waals surface area (Å²) in [5.74, 6) is 1.62. The number of carbonyl (C=O) groups is 1. The quantitative estimate of drug-likeness (QED) is 0.522. The number of aromatic nitrogens is 2. The van der Waals surface area contributed by atoms with Gasteiger partial charge in [0.25, 0.3) is 5.56 Å². The molecule has 0 N–H and O–H groups in total. The molecule has 33 heavy (non-hydrogen) atoms. The summed E-state index contributed by atoms with van der Waals surface area (Å²) < 4.78 is 12.4. The van der Waals surface area contributed by atoms with Crippen molar-refractivity contribution in [2.75, 3.05) is 20.8 Å². The number of hydrogen-bond acceptors (Lipinski definition) is 6. The van der Waals surface area contributed by atoms with E-state index in [1.807, 2.05) is 43.9 Å². The largest absolute Gasteiger partial charge is 0.497 e. The van der Waals surface area contributed by atoms with Gasteiger partial charge in [0.2, 0.25) is 5.91 Å². The van der Waals surface area contributed by atoms with Crippen molar-refractivity contribution in [1.82, 2.24) is 14.5 Å². The smallest absolute Gasteiger partial charge is 0.262 e. The number of thiophene rings is 1. The number of rotatable bonds is 7. The minimum Gasteiger partial charge on any atom is -0.497 e. The highest BCUT2D eigenvalue weighted by Gasteiger charge is 2.33. The highest BCUT2D eigenvalue weighted by atomic mass is 32.1. The number of methoxy groups -OCH3 is 2. The SMILES string of the molecule is CCC(C)(C)C(=O)N1CCc2c(sc3ncn(CCc4cc(OC)cc(OC)c4)c(=O)c23)C1. The monoisotopic (exact) mass is 469 g/mol. The Morgan fingerprint density at radius 2 is 1.88 bits per heavy atom. The highest BCUT2D eigenvalue weighted by Crippen LogP contribution is 2.34. The molecule has 7 nitrogen and oxygen atoms in total. The Labute approximate surface area is 198 Å². The molecule has 0 spiro atoms. The topological polar surface area (TPSA) is 73.7 Å². The standard InChI is InChI=1S/C25H31N3O4S/c1-6-25(2,3)24(30)27-10-8-19-20(14-27)33-22-21(19)23(29)28(15-26-22)9-7-16-11-17(31-4)13-18(12-16)32-5/h11-13,15H,6-10,14H2,1-5H3. The van der Waals surface area contributed by atoms with Gasteiger partial charge in [0, 0.05) is 29.4 Å². The van der Waals surface area contributed by atoms with Crippen LogP contribution in [-0.2, 0) is 30.7 Å². The zero-order valence-electron chi connectivity index (χ0n) is 19.9. The number of fused-ring (bicyclic) bond motifs is 3. The lowest BCUT2D eigenvalue weighted by Gasteiger charge is -2.33. The molecule has 8 heteroatoms. The highest BCUT2D eigenvalue weighted by molar-refractivity contribution is 7.18. The molecule has 0 atom stereocenters. The van der Waals surface area contributed by atoms with Crippen LogP contribution in [0.4, 0.5) is 0 Å². The normalized spacial score (nSPS) is 13.8. The second-order valence-electron chi connectivity index (χ2n) is 9.11. The van der Waals surface area contributed by atoms with Gasteiger partial charge >= 0.3 is 0 Å². The fraction of sp³-hybridized carbons (Fsp3) is 0.480. The lowest BCUT2D eigenvalue weighted by Crippen LogP contribution is -2.43. The number of hydrogen-bond donors (Lipinski definition) is 0. The molecule has 1 amide bonds. The lowest BCUT2D eigenvalue weighted by molar-refractivity contribution is -0.141. The van der Waals surface area contributed by atoms with Crippen molar-refractivity contribution < 1.29 is 14.3 Å². The van der Waals surface area contributed by atoms with Crippen molar-refractivity contribution in [3.63, 3.8) is 0 Å². The van der Waals surface area contributed by atoms with Crippen LogP contribution in [0.15, 0.2) is 29.3 Å². The van der Waals surface area contributed by atoms with Crippen LogP contribution in [0.2, 0.25) is 0 Å². The van der Waals surface area contributed by atoms with E-state index in [1.54, 1.807) is 25.1 Å². The van der Waals surface area contributed by atoms with Gasteiger partial charge in [0.1, 0.15) is 16.3 Å². The third-order valence-electron chi connectivity index (χ3n) is 6.63. The summed E-state index contributed by atoms with van der Waals surface area (Å²) >= 11 is 1.53. The van der Waals surface area contributed by atoms with Crippen LogP contribution in [0.1, 0.15) is 43.2 Å². The first kappa shape index (κ1) is 23.3. The first-order valence-corrected chi connectivity index (χ1v) is 12.1. The summed E-state index contributed by atoms with van der Waals surface area (Å²) in [6, 6.07) is 5.74. The summed E-state index contributed by atoms with van der Waals surface area (Å²) in [5, 5.41) is 0.711. The van der Waals surface area contributed by atoms with Crippen molar-refractivity contribution in [3.05, 3.63) is 50.9 Å². The Kier molecular flexibility index (Phi) is 6.47. The maximum absolute atomic E-state index is 13.3. The van der Waals surface area contributed by atoms with Crippen molar-refractivity contribution in [1.29, 1.82) is 0 Å². The summed E-state index contributed by atoms with van der Waals surface area (Å²) in [6.45, 7) is 7.74. The van der Waals surface area contributed by atoms with Gasteiger partial charge in [-0.3, -0.25) is 14.2 Å². The Morgan fingerprint density at radius 1 is 1.18 bits per heavy atom. The number of nitrogens with zero attached hydrogens (tertiary/aromatic N) is 3. The maximum atomic E-state index is 13.3. The molecule has 3 heterocycles. The molecule has 176 valence electrons. The van der Waals surface area contributed by atoms with Crippen LogP contribution in [0.25, 0.3) is 10.2 Å². The fourth-order valence-corrected chi connectivity index (χ4v) is 5.38. The van der Waals surface area contributed by atoms with Crippen LogP contribution in [0.3, 0.4) is 0 Å². The van der Waals surface area contributed by atoms with Gasteiger partial charge in [0.05, 0.1) is 32.5 Å². The van der Waals surface area contributed by atoms with Crippen LogP contribution >= 0.6 is 11.3 Å². The van der Waals surface area contributed by atoms with Gasteiger partial charge in [-0.2, -0.15) is 0 Å². The number of aryl methyl sites for hydroxylation is 2. The van der Waals surface area contributed by atoms with Gasteiger partial charge in [-0.25, -0.2) is 4.98 Å². The van der Waals surface area contributed by atoms with Gasteiger partial charge < -0.3 is 14.4 Å². The van der Waals surface area contributed by atoms with E-state index >= 15 is 0 Å². The van der Waals surface area contributed by atoms with Crippen molar-refractivity contribution >= 4 is 27.5 Å². The van der Waals surface area contributed by atoms with Crippen LogP contribution < -0.4 is 15.0 Å². The predicted molar refractivity (Wildman–Crippen MR) is 130 cm³/mol. The average molecular weight is 470 g/mol. The zero-order valence-corrected chi connectivity index (χ0v) is 20.8. The molecule has 0 aliphatic carbocycles. The lowest BCUT2D eigenvalue weighted by atomic mass is 9.88. The maximum Gasteiger partial charge on any atom is 0.262 e. The molecule has 4 rings (SSSR count). The minimum absolute atomic E-state index is 0.0129. The summed E-state index contributed by atoms with van der Waals surface area (Å²) in [5.41, 5.74) is 1.70. The number of ether oxygens (including phenoxy) is 2. The molecule has 1 aliphatic rings. The van der Waals surface area contributed by atoms with Crippen LogP contribution in [0.5, 0.6) is 11.5 Å². The molecule has 3 aromatic rings. The van der Waals surface area contributed by atoms with Crippen LogP contribution in [-0.4, -0.2) is 41.1 Å². The molecule has 1 aliphatic heterocycles. The van der Waals surface area contributed by atoms with E-state index in [0.717, 1.165) is 38.8 Å². The second-order valence-corrected chi connectivity index (χ2v) is 10.2. The van der Waals surface area contributed by atoms with Gasteiger partial charge in [-0.05, 0) is 42.5 Å². The number of amides is 1. The molecule has 2 aromatic heterocycles. The van der Waals surface area contributed by atoms with Crippen molar-refractivity contribution in [2.45, 2.75) is 53.1 Å². The molecule has 0 fully saturated rings. The summed E-state index contributed by atoms with van der Waals surface area (Å²) in [7, 11) is 3.25. The molecule has 0 unspecified atom stereocenters. The van der Waals surface area contributed by atoms with Crippen molar-refractivity contribution in [3.8, 4) is 11.5 Å². The average Bonchev–Trinajstić information content (AvgIpc) is 3.21. The van der Waals surface area contributed by atoms with E-state index in [9.17, 15) is 9.59 Å². The molecule has 0 saturated carbocycles. The molecular formula is C25H31N3O4S. The Morgan fingerprint density at radius 3 is 2.52 bits per heavy atom. The van der Waals surface area contributed by atoms with Gasteiger partial charge in [0.15, 0.2) is 0 Å². The van der Waals surface area contributed by atoms with Crippen LogP contribution in [0, 0.1) is 5.41 Å². The van der Waals surface area contributed by atoms with E-state index in [0.29, 0.717) is 37.9 Å². The Bertz CT molecular complexity index is 1220. The molecule has 0 radical (unpaired) electrons. The Balaban J connectivity index is 1.59. The minimum atomic E-state index is -0.373. The van der Waals surface area contributed by atoms with Crippen molar-refractivity contribution in [2.24, 2.45) is 5.41 Å². The molecular weight excluding hydrogens is 438 g/mol. The molecule has 0 bridgehead atoms. The summed E-state index contributed by atoms with van der Waals surface area (Å²) in [6.07, 6.45) is 3.77. The summed E-state index contributed by atoms with van der Waals surface area (Å²) in [4.78, 5) is 34.6. The first-order valence-electron chi connectivity index (χ1n) is 11.3. The van der Waals surface area contributed by atoms with Gasteiger partial charge in [-0.1, -0.05) is 20.8 Å². The van der Waals surface area contributed by atoms with E-state index in [-0.39, 0.29) is 16.9 Å². The van der Waals surface area contributed by atoms with E-state index in [4.69, 9.17) is 9.47 Å². The zero-order chi connectivity index (χ0) is 23.8. The van der Waals surface area contributed by atoms with Gasteiger partial charge in [-0.15, -0.1) is 11.3 Å². The predicted octanol–water partition coefficient (Wildman–Crippen LogP) is 4.04. The fourth-order valence-electron chi connectivity index (χ4n) is 4.19. The van der Waals surface area contributed by atoms with E-state index in [1.165, 1.54) is 11.3 Å². The van der Waals surface area contributed by atoms with E-state index in [2.05, 4.69) is 4.98 Å². The van der Waals surface area contributed by atoms with E-state index < -0.39 is 0 Å².